The van der Waals surface area contributed by atoms with Crippen molar-refractivity contribution in [3.05, 3.63) is 34.5 Å². The van der Waals surface area contributed by atoms with Crippen molar-refractivity contribution in [3.63, 3.8) is 0 Å². The number of aromatic nitrogens is 2. The summed E-state index contributed by atoms with van der Waals surface area (Å²) < 4.78 is 5.59. The predicted molar refractivity (Wildman–Crippen MR) is 52.4 cm³/mol. The summed E-state index contributed by atoms with van der Waals surface area (Å²) in [5.41, 5.74) is 1.62. The molecule has 2 aromatic heterocycles. The van der Waals surface area contributed by atoms with Crippen LogP contribution < -0.4 is 0 Å². The van der Waals surface area contributed by atoms with Crippen LogP contribution in [0.2, 0.25) is 5.28 Å². The van der Waals surface area contributed by atoms with Gasteiger partial charge < -0.3 is 4.42 Å². The van der Waals surface area contributed by atoms with Gasteiger partial charge in [-0.1, -0.05) is 0 Å². The molecule has 2 aromatic rings. The standard InChI is InChI=1S/C8H4BrClN2O/c9-7-3-6(11-8(10)12-7)5-1-2-13-4-5/h1-4H. The van der Waals surface area contributed by atoms with Gasteiger partial charge in [0, 0.05) is 5.56 Å². The first-order chi connectivity index (χ1) is 6.25. The maximum Gasteiger partial charge on any atom is 0.223 e. The van der Waals surface area contributed by atoms with Crippen LogP contribution in [0.25, 0.3) is 11.3 Å². The van der Waals surface area contributed by atoms with E-state index < -0.39 is 0 Å². The fourth-order valence-corrected chi connectivity index (χ4v) is 1.62. The second-order valence-corrected chi connectivity index (χ2v) is 3.51. The molecule has 13 heavy (non-hydrogen) atoms. The molecule has 0 saturated carbocycles. The van der Waals surface area contributed by atoms with Crippen LogP contribution in [0.15, 0.2) is 33.7 Å². The van der Waals surface area contributed by atoms with E-state index in [2.05, 4.69) is 25.9 Å². The maximum absolute atomic E-state index is 5.68. The number of hydrogen-bond donors (Lipinski definition) is 0. The Morgan fingerprint density at radius 2 is 2.23 bits per heavy atom. The summed E-state index contributed by atoms with van der Waals surface area (Å²) in [5.74, 6) is 0. The normalized spacial score (nSPS) is 10.3. The molecule has 0 spiro atoms. The molecule has 0 amide bonds. The van der Waals surface area contributed by atoms with Crippen molar-refractivity contribution in [1.82, 2.24) is 9.97 Å². The molecule has 3 nitrogen and oxygen atoms in total. The monoisotopic (exact) mass is 258 g/mol. The highest BCUT2D eigenvalue weighted by molar-refractivity contribution is 9.10. The van der Waals surface area contributed by atoms with E-state index in [4.69, 9.17) is 16.0 Å². The fraction of sp³-hybridized carbons (Fsp3) is 0. The van der Waals surface area contributed by atoms with Gasteiger partial charge in [0.1, 0.15) is 4.60 Å². The van der Waals surface area contributed by atoms with Crippen LogP contribution in [0.3, 0.4) is 0 Å². The topological polar surface area (TPSA) is 38.9 Å². The third-order valence-electron chi connectivity index (χ3n) is 1.48. The molecule has 0 bridgehead atoms. The summed E-state index contributed by atoms with van der Waals surface area (Å²) in [7, 11) is 0. The molecular formula is C8H4BrClN2O. The molecule has 0 aliphatic heterocycles. The lowest BCUT2D eigenvalue weighted by molar-refractivity contribution is 0.568. The summed E-state index contributed by atoms with van der Waals surface area (Å²) in [6.45, 7) is 0. The summed E-state index contributed by atoms with van der Waals surface area (Å²) in [5, 5.41) is 0.213. The highest BCUT2D eigenvalue weighted by atomic mass is 79.9. The van der Waals surface area contributed by atoms with Gasteiger partial charge >= 0.3 is 0 Å². The zero-order valence-corrected chi connectivity index (χ0v) is 8.71. The lowest BCUT2D eigenvalue weighted by Crippen LogP contribution is -1.86. The SMILES string of the molecule is Clc1nc(Br)cc(-c2ccoc2)n1. The van der Waals surface area contributed by atoms with Crippen LogP contribution in [-0.4, -0.2) is 9.97 Å². The third kappa shape index (κ3) is 1.89. The molecular weight excluding hydrogens is 255 g/mol. The van der Waals surface area contributed by atoms with E-state index in [0.29, 0.717) is 4.60 Å². The summed E-state index contributed by atoms with van der Waals surface area (Å²) >= 11 is 8.92. The number of nitrogens with zero attached hydrogens (tertiary/aromatic N) is 2. The molecule has 66 valence electrons. The average Bonchev–Trinajstić information content (AvgIpc) is 2.53. The summed E-state index contributed by atoms with van der Waals surface area (Å²) in [4.78, 5) is 7.93. The highest BCUT2D eigenvalue weighted by Gasteiger charge is 2.04. The molecule has 5 heteroatoms. The van der Waals surface area contributed by atoms with Crippen LogP contribution >= 0.6 is 27.5 Å². The van der Waals surface area contributed by atoms with E-state index >= 15 is 0 Å². The summed E-state index contributed by atoms with van der Waals surface area (Å²) in [6.07, 6.45) is 3.18. The predicted octanol–water partition coefficient (Wildman–Crippen LogP) is 3.15. The molecule has 0 fully saturated rings. The van der Waals surface area contributed by atoms with Crippen molar-refractivity contribution in [2.75, 3.05) is 0 Å². The van der Waals surface area contributed by atoms with Crippen molar-refractivity contribution >= 4 is 27.5 Å². The minimum atomic E-state index is 0.213. The van der Waals surface area contributed by atoms with E-state index in [9.17, 15) is 0 Å². The van der Waals surface area contributed by atoms with Gasteiger partial charge in [0.05, 0.1) is 18.2 Å². The molecule has 0 atom stereocenters. The summed E-state index contributed by atoms with van der Waals surface area (Å²) in [6, 6.07) is 3.59. The van der Waals surface area contributed by atoms with Crippen molar-refractivity contribution in [2.45, 2.75) is 0 Å². The second kappa shape index (κ2) is 3.47. The van der Waals surface area contributed by atoms with Crippen LogP contribution in [0.4, 0.5) is 0 Å². The lowest BCUT2D eigenvalue weighted by Gasteiger charge is -1.97. The fourth-order valence-electron chi connectivity index (χ4n) is 0.948. The number of furan rings is 1. The molecule has 0 aliphatic carbocycles. The Balaban J connectivity index is 2.53. The van der Waals surface area contributed by atoms with Crippen LogP contribution in [0.5, 0.6) is 0 Å². The van der Waals surface area contributed by atoms with Crippen molar-refractivity contribution < 1.29 is 4.42 Å². The van der Waals surface area contributed by atoms with Crippen LogP contribution in [0, 0.1) is 0 Å². The first-order valence-electron chi connectivity index (χ1n) is 3.48. The average molecular weight is 259 g/mol. The van der Waals surface area contributed by atoms with Crippen molar-refractivity contribution in [2.24, 2.45) is 0 Å². The van der Waals surface area contributed by atoms with E-state index in [0.717, 1.165) is 11.3 Å². The Morgan fingerprint density at radius 1 is 1.38 bits per heavy atom. The van der Waals surface area contributed by atoms with Gasteiger partial charge in [-0.3, -0.25) is 0 Å². The number of hydrogen-bond acceptors (Lipinski definition) is 3. The third-order valence-corrected chi connectivity index (χ3v) is 2.06. The molecule has 0 aromatic carbocycles. The Hall–Kier alpha value is -0.870. The number of halogens is 2. The largest absolute Gasteiger partial charge is 0.472 e. The smallest absolute Gasteiger partial charge is 0.223 e. The van der Waals surface area contributed by atoms with Crippen molar-refractivity contribution in [1.29, 1.82) is 0 Å². The maximum atomic E-state index is 5.68. The van der Waals surface area contributed by atoms with Crippen LogP contribution in [-0.2, 0) is 0 Å². The molecule has 0 radical (unpaired) electrons. The van der Waals surface area contributed by atoms with E-state index in [1.165, 1.54) is 0 Å². The molecule has 2 heterocycles. The minimum absolute atomic E-state index is 0.213. The lowest BCUT2D eigenvalue weighted by atomic mass is 10.2. The van der Waals surface area contributed by atoms with E-state index in [1.54, 1.807) is 18.6 Å². The zero-order valence-electron chi connectivity index (χ0n) is 6.37. The van der Waals surface area contributed by atoms with Gasteiger partial charge in [-0.15, -0.1) is 0 Å². The Bertz CT molecular complexity index is 396. The second-order valence-electron chi connectivity index (χ2n) is 2.36. The molecule has 0 unspecified atom stereocenters. The van der Waals surface area contributed by atoms with Crippen molar-refractivity contribution in [3.8, 4) is 11.3 Å². The van der Waals surface area contributed by atoms with Gasteiger partial charge in [-0.2, -0.15) is 0 Å². The molecule has 0 N–H and O–H groups in total. The Labute approximate surface area is 87.9 Å². The van der Waals surface area contributed by atoms with Gasteiger partial charge in [-0.05, 0) is 39.7 Å². The zero-order chi connectivity index (χ0) is 9.26. The van der Waals surface area contributed by atoms with E-state index in [-0.39, 0.29) is 5.28 Å². The van der Waals surface area contributed by atoms with Gasteiger partial charge in [-0.25, -0.2) is 9.97 Å². The first-order valence-corrected chi connectivity index (χ1v) is 4.65. The minimum Gasteiger partial charge on any atom is -0.472 e. The van der Waals surface area contributed by atoms with Crippen LogP contribution in [0.1, 0.15) is 0 Å². The Kier molecular flexibility index (Phi) is 2.33. The molecule has 0 aliphatic rings. The van der Waals surface area contributed by atoms with Gasteiger partial charge in [0.25, 0.3) is 0 Å². The highest BCUT2D eigenvalue weighted by Crippen LogP contribution is 2.21. The van der Waals surface area contributed by atoms with Gasteiger partial charge in [0.2, 0.25) is 5.28 Å². The Morgan fingerprint density at radius 3 is 2.85 bits per heavy atom. The quantitative estimate of drug-likeness (QED) is 0.583. The molecule has 0 saturated heterocycles. The number of rotatable bonds is 1. The van der Waals surface area contributed by atoms with Gasteiger partial charge in [0.15, 0.2) is 0 Å². The van der Waals surface area contributed by atoms with E-state index in [1.807, 2.05) is 6.07 Å². The molecule has 2 rings (SSSR count). The first kappa shape index (κ1) is 8.72.